The predicted molar refractivity (Wildman–Crippen MR) is 90.3 cm³/mol. The summed E-state index contributed by atoms with van der Waals surface area (Å²) in [6.45, 7) is 0.255. The summed E-state index contributed by atoms with van der Waals surface area (Å²) in [5.74, 6) is 0.777. The van der Waals surface area contributed by atoms with Gasteiger partial charge >= 0.3 is 0 Å². The molecule has 0 N–H and O–H groups in total. The van der Waals surface area contributed by atoms with Gasteiger partial charge in [-0.3, -0.25) is 0 Å². The minimum Gasteiger partial charge on any atom is -0.377 e. The average Bonchev–Trinajstić information content (AvgIpc) is 2.98. The fraction of sp³-hybridized carbons (Fsp3) is 0.125. The Kier molecular flexibility index (Phi) is 3.64. The van der Waals surface area contributed by atoms with Crippen LogP contribution in [0.3, 0.4) is 0 Å². The summed E-state index contributed by atoms with van der Waals surface area (Å²) in [6, 6.07) is 14.3. The van der Waals surface area contributed by atoms with Gasteiger partial charge in [0.05, 0.1) is 15.5 Å². The number of methoxy groups -OCH3 is 1. The van der Waals surface area contributed by atoms with Crippen LogP contribution in [0.1, 0.15) is 5.82 Å². The zero-order valence-electron chi connectivity index (χ0n) is 12.7. The van der Waals surface area contributed by atoms with Crippen molar-refractivity contribution >= 4 is 27.3 Å². The lowest BCUT2D eigenvalue weighted by molar-refractivity contribution is 0.178. The topological polar surface area (TPSA) is 69.4 Å². The van der Waals surface area contributed by atoms with E-state index < -0.39 is 9.73 Å². The second-order valence-electron chi connectivity index (χ2n) is 5.22. The number of hydrogen-bond donors (Lipinski definition) is 0. The van der Waals surface area contributed by atoms with Crippen LogP contribution in [0.15, 0.2) is 62.7 Å². The molecule has 1 aromatic heterocycles. The summed E-state index contributed by atoms with van der Waals surface area (Å²) in [5.41, 5.74) is 0.660. The Morgan fingerprint density at radius 2 is 2.00 bits per heavy atom. The van der Waals surface area contributed by atoms with Gasteiger partial charge < -0.3 is 4.74 Å². The van der Waals surface area contributed by atoms with E-state index in [2.05, 4.69) is 14.4 Å². The highest BCUT2D eigenvalue weighted by atomic mass is 35.5. The molecule has 0 saturated heterocycles. The van der Waals surface area contributed by atoms with Crippen LogP contribution in [-0.4, -0.2) is 26.1 Å². The van der Waals surface area contributed by atoms with E-state index in [1.807, 2.05) is 18.2 Å². The largest absolute Gasteiger partial charge is 0.377 e. The fourth-order valence-corrected chi connectivity index (χ4v) is 4.88. The molecule has 0 spiro atoms. The molecule has 0 bridgehead atoms. The van der Waals surface area contributed by atoms with E-state index in [9.17, 15) is 4.21 Å². The molecular formula is C16H13ClN4O2S. The summed E-state index contributed by atoms with van der Waals surface area (Å²) in [7, 11) is -1.32. The lowest BCUT2D eigenvalue weighted by atomic mass is 10.3. The highest BCUT2D eigenvalue weighted by Gasteiger charge is 2.29. The molecule has 4 rings (SSSR count). The van der Waals surface area contributed by atoms with E-state index in [1.165, 1.54) is 0 Å². The lowest BCUT2D eigenvalue weighted by Crippen LogP contribution is -2.13. The molecule has 2 heterocycles. The number of fused-ring (bicyclic) bond motifs is 3. The SMILES string of the molecule is COCc1nc2n(n1)-c1ccc(Cl)cc1S(=O)(c1ccccc1)=N2. The first-order valence-electron chi connectivity index (χ1n) is 7.19. The van der Waals surface area contributed by atoms with Crippen molar-refractivity contribution in [3.63, 3.8) is 0 Å². The quantitative estimate of drug-likeness (QED) is 0.559. The molecule has 0 saturated carbocycles. The van der Waals surface area contributed by atoms with Crippen LogP contribution in [-0.2, 0) is 21.1 Å². The maximum Gasteiger partial charge on any atom is 0.262 e. The molecule has 1 atom stereocenters. The highest BCUT2D eigenvalue weighted by molar-refractivity contribution is 7.94. The molecule has 122 valence electrons. The van der Waals surface area contributed by atoms with E-state index in [-0.39, 0.29) is 6.61 Å². The summed E-state index contributed by atoms with van der Waals surface area (Å²) in [4.78, 5) is 5.47. The smallest absolute Gasteiger partial charge is 0.262 e. The van der Waals surface area contributed by atoms with E-state index in [4.69, 9.17) is 16.3 Å². The summed E-state index contributed by atoms with van der Waals surface area (Å²) >= 11 is 6.14. The van der Waals surface area contributed by atoms with Crippen molar-refractivity contribution in [3.8, 4) is 5.69 Å². The van der Waals surface area contributed by atoms with Crippen LogP contribution in [0.25, 0.3) is 5.69 Å². The predicted octanol–water partition coefficient (Wildman–Crippen LogP) is 3.60. The van der Waals surface area contributed by atoms with Gasteiger partial charge in [-0.25, -0.2) is 4.21 Å². The third-order valence-electron chi connectivity index (χ3n) is 3.63. The van der Waals surface area contributed by atoms with Gasteiger partial charge in [0.1, 0.15) is 16.3 Å². The Morgan fingerprint density at radius 3 is 2.75 bits per heavy atom. The lowest BCUT2D eigenvalue weighted by Gasteiger charge is -2.19. The molecule has 0 amide bonds. The number of benzene rings is 2. The van der Waals surface area contributed by atoms with Crippen LogP contribution in [0.5, 0.6) is 0 Å². The van der Waals surface area contributed by atoms with E-state index in [0.717, 1.165) is 0 Å². The second-order valence-corrected chi connectivity index (χ2v) is 7.80. The van der Waals surface area contributed by atoms with Gasteiger partial charge in [-0.05, 0) is 30.3 Å². The van der Waals surface area contributed by atoms with Crippen LogP contribution in [0.2, 0.25) is 5.02 Å². The zero-order valence-corrected chi connectivity index (χ0v) is 14.3. The van der Waals surface area contributed by atoms with Gasteiger partial charge in [0, 0.05) is 12.1 Å². The molecule has 1 aliphatic rings. The first-order valence-corrected chi connectivity index (χ1v) is 9.08. The summed E-state index contributed by atoms with van der Waals surface area (Å²) < 4.78 is 24.9. The molecule has 1 unspecified atom stereocenters. The van der Waals surface area contributed by atoms with Crippen LogP contribution in [0.4, 0.5) is 5.95 Å². The van der Waals surface area contributed by atoms with Crippen LogP contribution in [0, 0.1) is 0 Å². The first kappa shape index (κ1) is 15.3. The Morgan fingerprint density at radius 1 is 1.21 bits per heavy atom. The minimum absolute atomic E-state index is 0.255. The molecule has 0 aliphatic carbocycles. The number of rotatable bonds is 3. The third-order valence-corrected chi connectivity index (χ3v) is 6.12. The molecule has 3 aromatic rings. The van der Waals surface area contributed by atoms with Gasteiger partial charge in [0.25, 0.3) is 5.95 Å². The van der Waals surface area contributed by atoms with Gasteiger partial charge in [-0.2, -0.15) is 14.0 Å². The number of hydrogen-bond acceptors (Lipinski definition) is 5. The normalized spacial score (nSPS) is 18.6. The second kappa shape index (κ2) is 5.70. The van der Waals surface area contributed by atoms with Gasteiger partial charge in [-0.1, -0.05) is 29.8 Å². The van der Waals surface area contributed by atoms with Gasteiger partial charge in [-0.15, -0.1) is 5.10 Å². The maximum atomic E-state index is 13.8. The number of ether oxygens (including phenoxy) is 1. The number of aromatic nitrogens is 3. The fourth-order valence-electron chi connectivity index (χ4n) is 2.59. The molecular weight excluding hydrogens is 348 g/mol. The van der Waals surface area contributed by atoms with Crippen molar-refractivity contribution < 1.29 is 8.95 Å². The van der Waals surface area contributed by atoms with Crippen molar-refractivity contribution in [1.82, 2.24) is 14.8 Å². The zero-order chi connectivity index (χ0) is 16.7. The van der Waals surface area contributed by atoms with Crippen molar-refractivity contribution in [2.24, 2.45) is 4.36 Å². The molecule has 0 fully saturated rings. The molecule has 1 aliphatic heterocycles. The minimum atomic E-state index is -2.89. The van der Waals surface area contributed by atoms with Crippen molar-refractivity contribution in [2.45, 2.75) is 16.4 Å². The Labute approximate surface area is 144 Å². The van der Waals surface area contributed by atoms with Gasteiger partial charge in [0.2, 0.25) is 0 Å². The maximum absolute atomic E-state index is 13.8. The first-order chi connectivity index (χ1) is 11.6. The monoisotopic (exact) mass is 360 g/mol. The summed E-state index contributed by atoms with van der Waals surface area (Å²) in [5, 5.41) is 4.88. The summed E-state index contributed by atoms with van der Waals surface area (Å²) in [6.07, 6.45) is 0. The van der Waals surface area contributed by atoms with Crippen molar-refractivity contribution in [1.29, 1.82) is 0 Å². The van der Waals surface area contributed by atoms with Crippen LogP contribution >= 0.6 is 11.6 Å². The number of nitrogens with zero attached hydrogens (tertiary/aromatic N) is 4. The average molecular weight is 361 g/mol. The van der Waals surface area contributed by atoms with Crippen LogP contribution < -0.4 is 0 Å². The Balaban J connectivity index is 2.05. The molecule has 8 heteroatoms. The number of halogens is 1. The van der Waals surface area contributed by atoms with E-state index in [0.29, 0.717) is 32.3 Å². The van der Waals surface area contributed by atoms with Crippen molar-refractivity contribution in [3.05, 3.63) is 59.4 Å². The molecule has 24 heavy (non-hydrogen) atoms. The molecule has 6 nitrogen and oxygen atoms in total. The highest BCUT2D eigenvalue weighted by Crippen LogP contribution is 2.38. The van der Waals surface area contributed by atoms with E-state index >= 15 is 0 Å². The standard InChI is InChI=1S/C16H13ClN4O2S/c1-23-10-15-18-16-20-24(22,12-5-3-2-4-6-12)14-9-11(17)7-8-13(14)21(16)19-15/h2-9H,10H2,1H3. The molecule has 2 aromatic carbocycles. The van der Waals surface area contributed by atoms with Crippen molar-refractivity contribution in [2.75, 3.05) is 7.11 Å². The third kappa shape index (κ3) is 2.32. The molecule has 0 radical (unpaired) electrons. The Hall–Kier alpha value is -2.22. The Bertz CT molecular complexity index is 1040. The van der Waals surface area contributed by atoms with E-state index in [1.54, 1.807) is 42.1 Å². The van der Waals surface area contributed by atoms with Gasteiger partial charge in [0.15, 0.2) is 5.82 Å².